The van der Waals surface area contributed by atoms with Crippen molar-refractivity contribution in [3.63, 3.8) is 0 Å². The lowest BCUT2D eigenvalue weighted by Crippen LogP contribution is -2.27. The fourth-order valence-electron chi connectivity index (χ4n) is 2.82. The molecule has 5 nitrogen and oxygen atoms in total. The van der Waals surface area contributed by atoms with Crippen molar-refractivity contribution in [2.45, 2.75) is 44.6 Å². The summed E-state index contributed by atoms with van der Waals surface area (Å²) >= 11 is 0. The van der Waals surface area contributed by atoms with Crippen molar-refractivity contribution in [1.82, 2.24) is 15.2 Å². The molecular weight excluding hydrogens is 276 g/mol. The molecule has 1 heterocycles. The number of nitrogens with zero attached hydrogens (tertiary/aromatic N) is 2. The Bertz CT molecular complexity index is 469. The Labute approximate surface area is 133 Å². The van der Waals surface area contributed by atoms with Gasteiger partial charge in [-0.2, -0.15) is 0 Å². The molecule has 0 bridgehead atoms. The maximum absolute atomic E-state index is 12.1. The summed E-state index contributed by atoms with van der Waals surface area (Å²) in [5.41, 5.74) is 1.58. The van der Waals surface area contributed by atoms with E-state index in [-0.39, 0.29) is 5.91 Å². The minimum atomic E-state index is -0.0430. The van der Waals surface area contributed by atoms with Gasteiger partial charge >= 0.3 is 0 Å². The van der Waals surface area contributed by atoms with E-state index in [9.17, 15) is 4.79 Å². The molecule has 0 spiro atoms. The molecule has 0 unspecified atom stereocenters. The predicted octanol–water partition coefficient (Wildman–Crippen LogP) is 2.51. The van der Waals surface area contributed by atoms with Crippen molar-refractivity contribution >= 4 is 11.6 Å². The Morgan fingerprint density at radius 3 is 2.77 bits per heavy atom. The van der Waals surface area contributed by atoms with Crippen LogP contribution in [0.4, 0.5) is 5.69 Å². The summed E-state index contributed by atoms with van der Waals surface area (Å²) in [5.74, 6) is -0.0430. The molecule has 0 radical (unpaired) electrons. The Hall–Kier alpha value is -1.62. The van der Waals surface area contributed by atoms with Crippen LogP contribution in [-0.4, -0.2) is 49.0 Å². The van der Waals surface area contributed by atoms with Gasteiger partial charge in [-0.3, -0.25) is 9.78 Å². The van der Waals surface area contributed by atoms with Gasteiger partial charge in [0.25, 0.3) is 5.91 Å². The number of rotatable bonds is 7. The highest BCUT2D eigenvalue weighted by atomic mass is 16.1. The second-order valence-corrected chi connectivity index (χ2v) is 6.35. The van der Waals surface area contributed by atoms with Crippen molar-refractivity contribution in [2.24, 2.45) is 0 Å². The van der Waals surface area contributed by atoms with E-state index in [1.165, 1.54) is 32.1 Å². The number of anilines is 1. The second kappa shape index (κ2) is 8.73. The maximum Gasteiger partial charge on any atom is 0.252 e. The highest BCUT2D eigenvalue weighted by molar-refractivity contribution is 5.94. The zero-order valence-corrected chi connectivity index (χ0v) is 13.8. The largest absolute Gasteiger partial charge is 0.381 e. The summed E-state index contributed by atoms with van der Waals surface area (Å²) in [6.45, 7) is 1.67. The van der Waals surface area contributed by atoms with E-state index in [1.807, 2.05) is 20.2 Å². The fraction of sp³-hybridized carbons (Fsp3) is 0.647. The molecule has 5 heteroatoms. The van der Waals surface area contributed by atoms with Crippen LogP contribution in [0, 0.1) is 0 Å². The first kappa shape index (κ1) is 16.7. The van der Waals surface area contributed by atoms with Gasteiger partial charge in [-0.1, -0.05) is 19.3 Å². The normalized spacial score (nSPS) is 15.8. The molecule has 1 aliphatic rings. The van der Waals surface area contributed by atoms with Gasteiger partial charge in [-0.25, -0.2) is 0 Å². The van der Waals surface area contributed by atoms with E-state index in [2.05, 4.69) is 20.5 Å². The third kappa shape index (κ3) is 5.64. The molecule has 1 fully saturated rings. The first-order valence-electron chi connectivity index (χ1n) is 8.29. The van der Waals surface area contributed by atoms with Crippen LogP contribution < -0.4 is 10.6 Å². The second-order valence-electron chi connectivity index (χ2n) is 6.35. The van der Waals surface area contributed by atoms with E-state index in [0.717, 1.165) is 18.7 Å². The fourth-order valence-corrected chi connectivity index (χ4v) is 2.82. The van der Waals surface area contributed by atoms with Crippen LogP contribution in [0.1, 0.15) is 48.9 Å². The SMILES string of the molecule is CN(C)CCCNC(=O)c1cncc(NC2CCCCC2)c1. The number of amides is 1. The molecule has 122 valence electrons. The number of pyridine rings is 1. The molecule has 0 aliphatic heterocycles. The lowest BCUT2D eigenvalue weighted by atomic mass is 9.95. The van der Waals surface area contributed by atoms with Gasteiger partial charge in [0.15, 0.2) is 0 Å². The van der Waals surface area contributed by atoms with Gasteiger partial charge in [0, 0.05) is 25.0 Å². The lowest BCUT2D eigenvalue weighted by molar-refractivity contribution is 0.0952. The van der Waals surface area contributed by atoms with Crippen LogP contribution in [0.2, 0.25) is 0 Å². The van der Waals surface area contributed by atoms with E-state index in [1.54, 1.807) is 12.4 Å². The van der Waals surface area contributed by atoms with Crippen molar-refractivity contribution < 1.29 is 4.79 Å². The number of carbonyl (C=O) groups is 1. The lowest BCUT2D eigenvalue weighted by Gasteiger charge is -2.23. The Balaban J connectivity index is 1.83. The number of nitrogens with one attached hydrogen (secondary N) is 2. The van der Waals surface area contributed by atoms with E-state index in [4.69, 9.17) is 0 Å². The Morgan fingerprint density at radius 1 is 1.27 bits per heavy atom. The molecule has 1 saturated carbocycles. The average molecular weight is 304 g/mol. The molecule has 0 saturated heterocycles. The van der Waals surface area contributed by atoms with Crippen LogP contribution in [0.15, 0.2) is 18.5 Å². The molecule has 1 aromatic heterocycles. The van der Waals surface area contributed by atoms with Gasteiger partial charge in [0.05, 0.1) is 11.3 Å². The van der Waals surface area contributed by atoms with Crippen LogP contribution in [0.5, 0.6) is 0 Å². The third-order valence-electron chi connectivity index (χ3n) is 4.04. The van der Waals surface area contributed by atoms with Gasteiger partial charge < -0.3 is 15.5 Å². The molecule has 0 aromatic carbocycles. The van der Waals surface area contributed by atoms with Gasteiger partial charge in [-0.05, 0) is 46.0 Å². The van der Waals surface area contributed by atoms with Crippen molar-refractivity contribution in [3.8, 4) is 0 Å². The third-order valence-corrected chi connectivity index (χ3v) is 4.04. The zero-order valence-electron chi connectivity index (χ0n) is 13.8. The number of hydrogen-bond donors (Lipinski definition) is 2. The molecule has 1 aliphatic carbocycles. The van der Waals surface area contributed by atoms with Gasteiger partial charge in [0.2, 0.25) is 0 Å². The minimum Gasteiger partial charge on any atom is -0.381 e. The molecule has 22 heavy (non-hydrogen) atoms. The monoisotopic (exact) mass is 304 g/mol. The molecule has 1 aromatic rings. The van der Waals surface area contributed by atoms with Gasteiger partial charge in [-0.15, -0.1) is 0 Å². The van der Waals surface area contributed by atoms with Crippen LogP contribution in [0.3, 0.4) is 0 Å². The topological polar surface area (TPSA) is 57.3 Å². The van der Waals surface area contributed by atoms with Crippen molar-refractivity contribution in [1.29, 1.82) is 0 Å². The van der Waals surface area contributed by atoms with Gasteiger partial charge in [0.1, 0.15) is 0 Å². The maximum atomic E-state index is 12.1. The Kier molecular flexibility index (Phi) is 6.65. The van der Waals surface area contributed by atoms with Crippen molar-refractivity contribution in [2.75, 3.05) is 32.5 Å². The van der Waals surface area contributed by atoms with Crippen LogP contribution in [-0.2, 0) is 0 Å². The number of aromatic nitrogens is 1. The van der Waals surface area contributed by atoms with E-state index < -0.39 is 0 Å². The molecule has 0 atom stereocenters. The predicted molar refractivity (Wildman–Crippen MR) is 90.2 cm³/mol. The highest BCUT2D eigenvalue weighted by Crippen LogP contribution is 2.21. The zero-order chi connectivity index (χ0) is 15.8. The average Bonchev–Trinajstić information content (AvgIpc) is 2.52. The molecule has 1 amide bonds. The summed E-state index contributed by atoms with van der Waals surface area (Å²) in [6, 6.07) is 2.43. The number of hydrogen-bond acceptors (Lipinski definition) is 4. The highest BCUT2D eigenvalue weighted by Gasteiger charge is 2.14. The molecule has 2 N–H and O–H groups in total. The first-order valence-corrected chi connectivity index (χ1v) is 8.29. The molecular formula is C17H28N4O. The summed E-state index contributed by atoms with van der Waals surface area (Å²) < 4.78 is 0. The summed E-state index contributed by atoms with van der Waals surface area (Å²) in [5, 5.41) is 6.46. The summed E-state index contributed by atoms with van der Waals surface area (Å²) in [6.07, 6.45) is 10.7. The first-order chi connectivity index (χ1) is 10.6. The quantitative estimate of drug-likeness (QED) is 0.760. The molecule has 2 rings (SSSR count). The van der Waals surface area contributed by atoms with E-state index >= 15 is 0 Å². The van der Waals surface area contributed by atoms with E-state index in [0.29, 0.717) is 18.2 Å². The van der Waals surface area contributed by atoms with Crippen molar-refractivity contribution in [3.05, 3.63) is 24.0 Å². The number of carbonyl (C=O) groups excluding carboxylic acids is 1. The summed E-state index contributed by atoms with van der Waals surface area (Å²) in [4.78, 5) is 18.5. The standard InChI is InChI=1S/C17H28N4O/c1-21(2)10-6-9-19-17(22)14-11-16(13-18-12-14)20-15-7-4-3-5-8-15/h11-13,15,20H,3-10H2,1-2H3,(H,19,22). The minimum absolute atomic E-state index is 0.0430. The Morgan fingerprint density at radius 2 is 2.05 bits per heavy atom. The summed E-state index contributed by atoms with van der Waals surface area (Å²) in [7, 11) is 4.07. The van der Waals surface area contributed by atoms with Crippen LogP contribution >= 0.6 is 0 Å². The van der Waals surface area contributed by atoms with Crippen LogP contribution in [0.25, 0.3) is 0 Å². The smallest absolute Gasteiger partial charge is 0.252 e.